The molecule has 0 spiro atoms. The van der Waals surface area contributed by atoms with Gasteiger partial charge in [-0.3, -0.25) is 0 Å². The lowest BCUT2D eigenvalue weighted by molar-refractivity contribution is 1.13. The molecule has 0 aliphatic heterocycles. The maximum absolute atomic E-state index is 4.37. The van der Waals surface area contributed by atoms with Crippen molar-refractivity contribution in [2.24, 2.45) is 0 Å². The Kier molecular flexibility index (Phi) is 8.18. The molecule has 0 nitrogen and oxygen atoms in total. The monoisotopic (exact) mass is 378 g/mol. The van der Waals surface area contributed by atoms with Crippen LogP contribution in [0.5, 0.6) is 0 Å². The van der Waals surface area contributed by atoms with Gasteiger partial charge in [0, 0.05) is 0 Å². The Hall–Kier alpha value is -3.38. The molecular weight excluding hydrogens is 348 g/mol. The number of hydrogen-bond acceptors (Lipinski definition) is 0. The van der Waals surface area contributed by atoms with Crippen molar-refractivity contribution >= 4 is 5.57 Å². The average Bonchev–Trinajstić information content (AvgIpc) is 2.74. The maximum atomic E-state index is 4.37. The lowest BCUT2D eigenvalue weighted by Gasteiger charge is -2.26. The molecule has 0 saturated heterocycles. The first-order valence-electron chi connectivity index (χ1n) is 9.86. The molecule has 2 aromatic carbocycles. The fourth-order valence-electron chi connectivity index (χ4n) is 3.40. The van der Waals surface area contributed by atoms with E-state index >= 15 is 0 Å². The standard InChI is InChI=1S/C26H24.C3H6/c1-5-21(6-2)17-16-19(3)25-20(4)18-23-14-10-11-15-24(23)26(25)22-12-8-7-9-13-22;1-3-2/h5-17H,1,3-4,18H2,2H3;3H,1H2,2H3/b17-16+,21-6+;. The van der Waals surface area contributed by atoms with Crippen molar-refractivity contribution in [2.75, 3.05) is 0 Å². The Morgan fingerprint density at radius 1 is 0.897 bits per heavy atom. The van der Waals surface area contributed by atoms with Crippen LogP contribution in [0.3, 0.4) is 0 Å². The maximum Gasteiger partial charge on any atom is -0.00191 e. The molecule has 1 aliphatic rings. The van der Waals surface area contributed by atoms with E-state index in [1.165, 1.54) is 22.3 Å². The van der Waals surface area contributed by atoms with Crippen molar-refractivity contribution < 1.29 is 0 Å². The normalized spacial score (nSPS) is 13.4. The molecule has 0 radical (unpaired) electrons. The molecule has 0 bridgehead atoms. The van der Waals surface area contributed by atoms with Gasteiger partial charge in [-0.05, 0) is 64.8 Å². The van der Waals surface area contributed by atoms with E-state index in [9.17, 15) is 0 Å². The molecule has 0 N–H and O–H groups in total. The van der Waals surface area contributed by atoms with Gasteiger partial charge in [0.25, 0.3) is 0 Å². The molecule has 1 aliphatic carbocycles. The van der Waals surface area contributed by atoms with Gasteiger partial charge in [-0.25, -0.2) is 0 Å². The molecule has 0 atom stereocenters. The summed E-state index contributed by atoms with van der Waals surface area (Å²) in [6.07, 6.45) is 10.6. The van der Waals surface area contributed by atoms with Crippen LogP contribution in [0.15, 0.2) is 134 Å². The Bertz CT molecular complexity index is 991. The first-order valence-corrected chi connectivity index (χ1v) is 9.86. The number of hydrogen-bond donors (Lipinski definition) is 0. The topological polar surface area (TPSA) is 0 Å². The highest BCUT2D eigenvalue weighted by Crippen LogP contribution is 2.41. The van der Waals surface area contributed by atoms with E-state index in [-0.39, 0.29) is 0 Å². The highest BCUT2D eigenvalue weighted by Gasteiger charge is 2.23. The van der Waals surface area contributed by atoms with Crippen molar-refractivity contribution in [1.82, 2.24) is 0 Å². The minimum atomic E-state index is 0.854. The van der Waals surface area contributed by atoms with E-state index in [0.29, 0.717) is 0 Å². The first-order chi connectivity index (χ1) is 14.1. The van der Waals surface area contributed by atoms with Crippen LogP contribution in [-0.4, -0.2) is 0 Å². The molecule has 0 saturated carbocycles. The van der Waals surface area contributed by atoms with Crippen LogP contribution in [0.25, 0.3) is 5.57 Å². The van der Waals surface area contributed by atoms with Gasteiger partial charge in [-0.2, -0.15) is 0 Å². The first kappa shape index (κ1) is 21.9. The van der Waals surface area contributed by atoms with Gasteiger partial charge in [0.2, 0.25) is 0 Å². The second-order valence-electron chi connectivity index (χ2n) is 6.81. The van der Waals surface area contributed by atoms with Crippen LogP contribution in [0.4, 0.5) is 0 Å². The van der Waals surface area contributed by atoms with Gasteiger partial charge < -0.3 is 0 Å². The second-order valence-corrected chi connectivity index (χ2v) is 6.81. The number of benzene rings is 2. The zero-order valence-electron chi connectivity index (χ0n) is 17.6. The van der Waals surface area contributed by atoms with Gasteiger partial charge in [0.1, 0.15) is 0 Å². The lowest BCUT2D eigenvalue weighted by Crippen LogP contribution is -2.09. The highest BCUT2D eigenvalue weighted by atomic mass is 14.3. The van der Waals surface area contributed by atoms with Crippen LogP contribution in [0.1, 0.15) is 30.5 Å². The fraction of sp³-hybridized carbons (Fsp3) is 0.103. The minimum absolute atomic E-state index is 0.854. The third-order valence-corrected chi connectivity index (χ3v) is 4.72. The SMILES string of the molecule is C=CC.C=CC(/C=C/C(=C)C1=C(c2ccccc2)c2ccccc2CC1=C)=C\C. The van der Waals surface area contributed by atoms with E-state index in [4.69, 9.17) is 0 Å². The fourth-order valence-corrected chi connectivity index (χ4v) is 3.40. The highest BCUT2D eigenvalue weighted by molar-refractivity contribution is 5.91. The number of fused-ring (bicyclic) bond motifs is 1. The summed E-state index contributed by atoms with van der Waals surface area (Å²) in [6, 6.07) is 19.1. The van der Waals surface area contributed by atoms with Crippen molar-refractivity contribution in [3.8, 4) is 0 Å². The van der Waals surface area contributed by atoms with Gasteiger partial charge >= 0.3 is 0 Å². The lowest BCUT2D eigenvalue weighted by atomic mass is 9.77. The van der Waals surface area contributed by atoms with E-state index in [2.05, 4.69) is 87.0 Å². The summed E-state index contributed by atoms with van der Waals surface area (Å²) in [4.78, 5) is 0. The quantitative estimate of drug-likeness (QED) is 0.365. The summed E-state index contributed by atoms with van der Waals surface area (Å²) < 4.78 is 0. The second kappa shape index (κ2) is 10.8. The third-order valence-electron chi connectivity index (χ3n) is 4.72. The molecule has 0 fully saturated rings. The molecule has 0 heteroatoms. The van der Waals surface area contributed by atoms with Crippen molar-refractivity contribution in [1.29, 1.82) is 0 Å². The van der Waals surface area contributed by atoms with E-state index in [1.807, 2.05) is 32.1 Å². The number of allylic oxidation sites excluding steroid dienone is 9. The zero-order chi connectivity index (χ0) is 21.2. The summed E-state index contributed by atoms with van der Waals surface area (Å²) in [5, 5.41) is 0. The predicted octanol–water partition coefficient (Wildman–Crippen LogP) is 8.04. The summed E-state index contributed by atoms with van der Waals surface area (Å²) in [6.45, 7) is 19.8. The molecular formula is C29H30. The van der Waals surface area contributed by atoms with Gasteiger partial charge in [-0.1, -0.05) is 105 Å². The van der Waals surface area contributed by atoms with Crippen LogP contribution in [0, 0.1) is 0 Å². The Morgan fingerprint density at radius 2 is 1.52 bits per heavy atom. The Morgan fingerprint density at radius 3 is 2.14 bits per heavy atom. The van der Waals surface area contributed by atoms with Crippen LogP contribution in [-0.2, 0) is 6.42 Å². The molecule has 3 rings (SSSR count). The van der Waals surface area contributed by atoms with E-state index in [0.717, 1.165) is 28.7 Å². The van der Waals surface area contributed by atoms with Crippen molar-refractivity contribution in [3.05, 3.63) is 150 Å². The van der Waals surface area contributed by atoms with Crippen LogP contribution >= 0.6 is 0 Å². The van der Waals surface area contributed by atoms with Gasteiger partial charge in [0.15, 0.2) is 0 Å². The zero-order valence-corrected chi connectivity index (χ0v) is 17.6. The summed E-state index contributed by atoms with van der Waals surface area (Å²) in [5.41, 5.74) is 9.30. The molecule has 146 valence electrons. The predicted molar refractivity (Wildman–Crippen MR) is 130 cm³/mol. The summed E-state index contributed by atoms with van der Waals surface area (Å²) in [5.74, 6) is 0. The Labute approximate surface area is 176 Å². The van der Waals surface area contributed by atoms with E-state index in [1.54, 1.807) is 6.08 Å². The molecule has 0 amide bonds. The third kappa shape index (κ3) is 5.33. The van der Waals surface area contributed by atoms with Crippen LogP contribution in [0.2, 0.25) is 0 Å². The molecule has 0 unspecified atom stereocenters. The summed E-state index contributed by atoms with van der Waals surface area (Å²) in [7, 11) is 0. The van der Waals surface area contributed by atoms with Crippen molar-refractivity contribution in [3.63, 3.8) is 0 Å². The van der Waals surface area contributed by atoms with E-state index < -0.39 is 0 Å². The van der Waals surface area contributed by atoms with Gasteiger partial charge in [0.05, 0.1) is 0 Å². The molecule has 0 aromatic heterocycles. The molecule has 29 heavy (non-hydrogen) atoms. The molecule has 0 heterocycles. The smallest absolute Gasteiger partial charge is 0.00191 e. The minimum Gasteiger partial charge on any atom is -0.103 e. The van der Waals surface area contributed by atoms with Crippen molar-refractivity contribution in [2.45, 2.75) is 20.3 Å². The summed E-state index contributed by atoms with van der Waals surface area (Å²) >= 11 is 0. The average molecular weight is 379 g/mol. The largest absolute Gasteiger partial charge is 0.103 e. The van der Waals surface area contributed by atoms with Gasteiger partial charge in [-0.15, -0.1) is 6.58 Å². The van der Waals surface area contributed by atoms with Crippen LogP contribution < -0.4 is 0 Å². The molecule has 2 aromatic rings. The number of rotatable bonds is 5. The Balaban J connectivity index is 0.000000941.